The number of nitrogens with one attached hydrogen (secondary N) is 3. The van der Waals surface area contributed by atoms with Crippen LogP contribution in [0.25, 0.3) is 43.1 Å². The number of imide groups is 4. The number of hydrogen-bond acceptors (Lipinski definition) is 17. The molecule has 0 saturated carbocycles. The first kappa shape index (κ1) is 68.5. The Hall–Kier alpha value is -9.90. The molecule has 4 aliphatic heterocycles. The summed E-state index contributed by atoms with van der Waals surface area (Å²) >= 11 is 0. The van der Waals surface area contributed by atoms with Crippen molar-refractivity contribution in [3.63, 3.8) is 0 Å². The van der Waals surface area contributed by atoms with Crippen LogP contribution in [-0.4, -0.2) is 229 Å². The van der Waals surface area contributed by atoms with Gasteiger partial charge in [0.15, 0.2) is 0 Å². The van der Waals surface area contributed by atoms with Gasteiger partial charge in [0.05, 0.1) is 6.61 Å². The van der Waals surface area contributed by atoms with Crippen LogP contribution in [0.1, 0.15) is 96.2 Å². The van der Waals surface area contributed by atoms with Gasteiger partial charge < -0.3 is 46.0 Å². The molecule has 0 saturated heterocycles. The number of likely N-dealkylation sites (N-methyl/N-ethyl adjacent to an activating group) is 4. The van der Waals surface area contributed by atoms with Crippen molar-refractivity contribution in [2.24, 2.45) is 0 Å². The zero-order valence-electron chi connectivity index (χ0n) is 55.4. The number of anilines is 4. The van der Waals surface area contributed by atoms with Gasteiger partial charge in [0.1, 0.15) is 0 Å². The van der Waals surface area contributed by atoms with Gasteiger partial charge in [-0.3, -0.25) is 58.0 Å². The Morgan fingerprint density at radius 1 is 0.394 bits per heavy atom. The topological polar surface area (TPSA) is 234 Å². The summed E-state index contributed by atoms with van der Waals surface area (Å²) in [6, 6.07) is 36.8. The van der Waals surface area contributed by atoms with Gasteiger partial charge >= 0.3 is 0 Å². The monoisotopic (exact) mass is 1270 g/mol. The lowest BCUT2D eigenvalue weighted by Crippen LogP contribution is -2.43. The van der Waals surface area contributed by atoms with E-state index in [9.17, 15) is 38.4 Å². The quantitative estimate of drug-likeness (QED) is 0.0214. The van der Waals surface area contributed by atoms with Crippen molar-refractivity contribution >= 4 is 113 Å². The van der Waals surface area contributed by atoms with Crippen LogP contribution in [0, 0.1) is 0 Å². The third-order valence-corrected chi connectivity index (χ3v) is 16.7. The maximum atomic E-state index is 12.8. The van der Waals surface area contributed by atoms with Gasteiger partial charge in [-0.15, -0.1) is 6.58 Å². The molecule has 12 rings (SSSR count). The second-order valence-corrected chi connectivity index (χ2v) is 24.4. The van der Waals surface area contributed by atoms with E-state index >= 15 is 0 Å². The molecule has 8 aromatic rings. The van der Waals surface area contributed by atoms with Crippen LogP contribution in [0.3, 0.4) is 0 Å². The summed E-state index contributed by atoms with van der Waals surface area (Å²) in [4.78, 5) is 115. The van der Waals surface area contributed by atoms with Crippen LogP contribution < -0.4 is 21.7 Å². The second-order valence-electron chi connectivity index (χ2n) is 24.4. The van der Waals surface area contributed by atoms with Crippen LogP contribution in [0.4, 0.5) is 22.7 Å². The number of carbonyl (C=O) groups is 8. The van der Waals surface area contributed by atoms with E-state index in [1.165, 1.54) is 19.6 Å². The normalized spacial score (nSPS) is 13.9. The number of ether oxygens (including phenoxy) is 1. The van der Waals surface area contributed by atoms with Crippen molar-refractivity contribution in [1.29, 1.82) is 0 Å². The first-order valence-electron chi connectivity index (χ1n) is 31.5. The Morgan fingerprint density at radius 2 is 0.670 bits per heavy atom. The van der Waals surface area contributed by atoms with E-state index in [0.29, 0.717) is 128 Å². The van der Waals surface area contributed by atoms with Crippen molar-refractivity contribution in [2.45, 2.75) is 13.3 Å². The van der Waals surface area contributed by atoms with Gasteiger partial charge in [0, 0.05) is 189 Å². The van der Waals surface area contributed by atoms with E-state index in [4.69, 9.17) is 10.5 Å². The lowest BCUT2D eigenvalue weighted by atomic mass is 9.93. The SMILES string of the molecule is C=CCNc1ccc2c3c(cccc13)C(=O)N(CCN(C)C)C2=O.CCCNc1ccc2c3c(cccc13)C(=O)N(CCN(C)C)C2=O.CN(C)CCN1C(=O)c2cccc3c(N)ccc(c23)C1=O.COCCNc1ccc2c3c(cccc13)C(=O)N(CCN(C)C)C2=O. The fourth-order valence-electron chi connectivity index (χ4n) is 11.8. The molecule has 21 nitrogen and oxygen atoms in total. The zero-order chi connectivity index (χ0) is 67.7. The van der Waals surface area contributed by atoms with Gasteiger partial charge in [-0.25, -0.2) is 0 Å². The van der Waals surface area contributed by atoms with Crippen molar-refractivity contribution in [1.82, 2.24) is 39.2 Å². The van der Waals surface area contributed by atoms with Crippen molar-refractivity contribution < 1.29 is 43.1 Å². The average molecular weight is 1270 g/mol. The minimum absolute atomic E-state index is 0.201. The zero-order valence-corrected chi connectivity index (χ0v) is 55.4. The highest BCUT2D eigenvalue weighted by Crippen LogP contribution is 2.38. The fourth-order valence-corrected chi connectivity index (χ4v) is 11.8. The number of nitrogen functional groups attached to an aromatic ring is 1. The van der Waals surface area contributed by atoms with E-state index < -0.39 is 0 Å². The van der Waals surface area contributed by atoms with Gasteiger partial charge in [0.25, 0.3) is 47.3 Å². The second kappa shape index (κ2) is 30.2. The Labute approximate surface area is 548 Å². The van der Waals surface area contributed by atoms with Crippen LogP contribution in [-0.2, 0) is 4.74 Å². The molecule has 8 aromatic carbocycles. The highest BCUT2D eigenvalue weighted by atomic mass is 16.5. The third-order valence-electron chi connectivity index (χ3n) is 16.7. The summed E-state index contributed by atoms with van der Waals surface area (Å²) in [5.41, 5.74) is 14.0. The number of rotatable bonds is 22. The minimum Gasteiger partial charge on any atom is -0.398 e. The number of carbonyl (C=O) groups excluding carboxylic acids is 8. The molecule has 5 N–H and O–H groups in total. The Balaban J connectivity index is 0.000000148. The predicted molar refractivity (Wildman–Crippen MR) is 374 cm³/mol. The van der Waals surface area contributed by atoms with Gasteiger partial charge in [-0.2, -0.15) is 0 Å². The molecule has 0 bridgehead atoms. The maximum absolute atomic E-state index is 12.8. The molecule has 0 fully saturated rings. The molecule has 94 heavy (non-hydrogen) atoms. The van der Waals surface area contributed by atoms with Crippen molar-refractivity contribution in [3.05, 3.63) is 178 Å². The molecule has 490 valence electrons. The van der Waals surface area contributed by atoms with E-state index in [1.54, 1.807) is 61.7 Å². The standard InChI is InChI=1S/C19H23N3O3.C19H23N3O2.C19H21N3O2.C16H17N3O2/c1-21(2)10-11-22-18(23)14-6-4-5-13-16(20-9-12-25-3)8-7-15(17(13)14)19(22)24;2*1-4-10-20-16-9-8-15-17-13(16)6-5-7-14(17)18(23)22(19(15)24)12-11-21(2)3;1-18(2)8-9-19-15(20)11-5-3-4-10-13(17)7-6-12(14(10)11)16(19)21/h4-8,20H,9-12H2,1-3H3;5-9,20H,4,10-12H2,1-3H3;4-9,20H,1,10-12H2,2-3H3;3-7H,8-9,17H2,1-2H3. The van der Waals surface area contributed by atoms with Gasteiger partial charge in [-0.1, -0.05) is 61.5 Å². The number of nitrogens with zero attached hydrogens (tertiary/aromatic N) is 8. The molecular weight excluding hydrogens is 1190 g/mol. The van der Waals surface area contributed by atoms with E-state index in [-0.39, 0.29) is 47.3 Å². The molecule has 0 atom stereocenters. The largest absolute Gasteiger partial charge is 0.398 e. The van der Waals surface area contributed by atoms with Crippen LogP contribution in [0.5, 0.6) is 0 Å². The third kappa shape index (κ3) is 14.2. The summed E-state index contributed by atoms with van der Waals surface area (Å²) < 4.78 is 5.07. The first-order valence-corrected chi connectivity index (χ1v) is 31.5. The molecular formula is C73H84N12O9. The Bertz CT molecular complexity index is 4190. The Kier molecular flexibility index (Phi) is 22.0. The highest BCUT2D eigenvalue weighted by molar-refractivity contribution is 6.30. The molecule has 0 unspecified atom stereocenters. The highest BCUT2D eigenvalue weighted by Gasteiger charge is 2.37. The molecule has 4 heterocycles. The summed E-state index contributed by atoms with van der Waals surface area (Å²) in [5.74, 6) is -1.78. The van der Waals surface area contributed by atoms with E-state index in [2.05, 4.69) is 29.5 Å². The number of amides is 8. The summed E-state index contributed by atoms with van der Waals surface area (Å²) in [6.45, 7) is 12.6. The molecule has 8 amide bonds. The first-order chi connectivity index (χ1) is 45.1. The summed E-state index contributed by atoms with van der Waals surface area (Å²) in [5, 5.41) is 16.3. The smallest absolute Gasteiger partial charge is 0.261 e. The lowest BCUT2D eigenvalue weighted by molar-refractivity contribution is 0.0585. The number of hydrogen-bond donors (Lipinski definition) is 4. The number of methoxy groups -OCH3 is 1. The van der Waals surface area contributed by atoms with E-state index in [0.717, 1.165) is 67.7 Å². The fraction of sp³-hybridized carbons (Fsp3) is 0.315. The average Bonchev–Trinajstić information content (AvgIpc) is 0.776. The van der Waals surface area contributed by atoms with Gasteiger partial charge in [0.2, 0.25) is 0 Å². The summed E-state index contributed by atoms with van der Waals surface area (Å²) in [6.07, 6.45) is 2.79. The molecule has 0 aromatic heterocycles. The van der Waals surface area contributed by atoms with Crippen molar-refractivity contribution in [2.75, 3.05) is 164 Å². The van der Waals surface area contributed by atoms with Crippen LogP contribution in [0.15, 0.2) is 134 Å². The molecule has 21 heteroatoms. The van der Waals surface area contributed by atoms with Crippen LogP contribution >= 0.6 is 0 Å². The molecule has 0 spiro atoms. The molecule has 0 radical (unpaired) electrons. The molecule has 4 aliphatic rings. The predicted octanol–water partition coefficient (Wildman–Crippen LogP) is 9.05. The number of nitrogens with two attached hydrogens (primary N) is 1. The minimum atomic E-state index is -0.245. The van der Waals surface area contributed by atoms with E-state index in [1.807, 2.05) is 149 Å². The number of benzene rings is 8. The van der Waals surface area contributed by atoms with Gasteiger partial charge in [-0.05, 0) is 136 Å². The summed E-state index contributed by atoms with van der Waals surface area (Å²) in [7, 11) is 17.0. The van der Waals surface area contributed by atoms with Crippen LogP contribution in [0.2, 0.25) is 0 Å². The molecule has 0 aliphatic carbocycles. The Morgan fingerprint density at radius 3 is 0.968 bits per heavy atom. The lowest BCUT2D eigenvalue weighted by Gasteiger charge is -2.28. The maximum Gasteiger partial charge on any atom is 0.261 e. The van der Waals surface area contributed by atoms with Crippen molar-refractivity contribution in [3.8, 4) is 0 Å².